The average Bonchev–Trinajstić information content (AvgIpc) is 3.42. The molecule has 0 unspecified atom stereocenters. The van der Waals surface area contributed by atoms with Crippen LogP contribution in [0.15, 0.2) is 72.8 Å². The Morgan fingerprint density at radius 3 is 1.90 bits per heavy atom. The molecule has 0 radical (unpaired) electrons. The van der Waals surface area contributed by atoms with Gasteiger partial charge in [-0.15, -0.1) is 0 Å². The van der Waals surface area contributed by atoms with Crippen molar-refractivity contribution < 1.29 is 37.7 Å². The molecule has 0 bridgehead atoms. The topological polar surface area (TPSA) is 87.1 Å². The molecule has 1 heterocycles. The Bertz CT molecular complexity index is 1350. The quantitative estimate of drug-likeness (QED) is 0.0717. The normalized spacial score (nSPS) is 18.0. The first-order valence-electron chi connectivity index (χ1n) is 18.1. The van der Waals surface area contributed by atoms with Crippen LogP contribution in [0.2, 0.25) is 0 Å². The van der Waals surface area contributed by atoms with E-state index in [9.17, 15) is 33.0 Å². The van der Waals surface area contributed by atoms with Gasteiger partial charge in [-0.25, -0.2) is 13.6 Å². The third-order valence-electron chi connectivity index (χ3n) is 9.68. The minimum absolute atomic E-state index is 0.0821. The van der Waals surface area contributed by atoms with Crippen LogP contribution in [-0.2, 0) is 19.9 Å². The van der Waals surface area contributed by atoms with Crippen molar-refractivity contribution in [2.75, 3.05) is 6.67 Å². The standard InChI is InChI=1S/C40H54F3NO5S/c1-4-5-6-10-19-26-38(42,43)27-20-11-8-7-9-18-25-33(39(48,28-29-41)36(46)47)35(45)44-34(30(2)3)40(49-37(44)50,31-21-14-12-15-22-31)32-23-16-13-17-24-32/h12-18,21-25,30,33-34,48H,4-11,19-20,26-29H2,1-3H3,(H,46,47)/t33-,34+,39+/m1/s1. The van der Waals surface area contributed by atoms with Crippen LogP contribution in [0.25, 0.3) is 0 Å². The highest BCUT2D eigenvalue weighted by Gasteiger charge is 2.60. The molecule has 3 atom stereocenters. The summed E-state index contributed by atoms with van der Waals surface area (Å²) >= 11 is 5.70. The van der Waals surface area contributed by atoms with Crippen molar-refractivity contribution in [1.82, 2.24) is 4.90 Å². The predicted octanol–water partition coefficient (Wildman–Crippen LogP) is 9.78. The molecule has 276 valence electrons. The van der Waals surface area contributed by atoms with Crippen molar-refractivity contribution in [3.05, 3.63) is 83.9 Å². The van der Waals surface area contributed by atoms with Gasteiger partial charge in [-0.3, -0.25) is 14.1 Å². The van der Waals surface area contributed by atoms with Crippen molar-refractivity contribution in [1.29, 1.82) is 0 Å². The van der Waals surface area contributed by atoms with Crippen LogP contribution < -0.4 is 0 Å². The zero-order valence-electron chi connectivity index (χ0n) is 29.7. The fourth-order valence-electron chi connectivity index (χ4n) is 7.01. The van der Waals surface area contributed by atoms with Crippen molar-refractivity contribution in [3.63, 3.8) is 0 Å². The molecule has 0 aromatic heterocycles. The number of hydrogen-bond donors (Lipinski definition) is 2. The fourth-order valence-corrected chi connectivity index (χ4v) is 7.35. The Morgan fingerprint density at radius 2 is 1.42 bits per heavy atom. The number of rotatable bonds is 22. The molecule has 50 heavy (non-hydrogen) atoms. The number of nitrogens with zero attached hydrogens (tertiary/aromatic N) is 1. The first-order chi connectivity index (χ1) is 23.9. The largest absolute Gasteiger partial charge is 0.479 e. The van der Waals surface area contributed by atoms with E-state index in [-0.39, 0.29) is 23.9 Å². The van der Waals surface area contributed by atoms with E-state index in [1.807, 2.05) is 74.5 Å². The second kappa shape index (κ2) is 19.4. The monoisotopic (exact) mass is 717 g/mol. The van der Waals surface area contributed by atoms with Gasteiger partial charge in [0.2, 0.25) is 11.8 Å². The maximum absolute atomic E-state index is 14.6. The Morgan fingerprint density at radius 1 is 0.900 bits per heavy atom. The molecule has 0 aliphatic carbocycles. The predicted molar refractivity (Wildman–Crippen MR) is 195 cm³/mol. The highest BCUT2D eigenvalue weighted by molar-refractivity contribution is 7.80. The lowest BCUT2D eigenvalue weighted by Crippen LogP contribution is -2.57. The minimum atomic E-state index is -2.76. The summed E-state index contributed by atoms with van der Waals surface area (Å²) in [6.07, 6.45) is 9.08. The molecule has 0 saturated carbocycles. The van der Waals surface area contributed by atoms with Crippen LogP contribution in [0, 0.1) is 11.8 Å². The molecular formula is C40H54F3NO5S. The highest BCUT2D eigenvalue weighted by Crippen LogP contribution is 2.48. The molecule has 2 N–H and O–H groups in total. The molecule has 10 heteroatoms. The number of amides is 1. The van der Waals surface area contributed by atoms with Crippen molar-refractivity contribution in [2.45, 2.75) is 127 Å². The first-order valence-corrected chi connectivity index (χ1v) is 18.5. The van der Waals surface area contributed by atoms with Crippen LogP contribution in [0.4, 0.5) is 13.2 Å². The van der Waals surface area contributed by atoms with Gasteiger partial charge >= 0.3 is 5.97 Å². The summed E-state index contributed by atoms with van der Waals surface area (Å²) < 4.78 is 48.8. The highest BCUT2D eigenvalue weighted by atomic mass is 32.1. The third-order valence-corrected chi connectivity index (χ3v) is 9.96. The molecule has 2 aromatic carbocycles. The number of ether oxygens (including phenoxy) is 1. The van der Waals surface area contributed by atoms with E-state index in [4.69, 9.17) is 17.0 Å². The molecule has 3 rings (SSSR count). The number of halogens is 3. The second-order valence-corrected chi connectivity index (χ2v) is 14.1. The van der Waals surface area contributed by atoms with E-state index >= 15 is 0 Å². The summed E-state index contributed by atoms with van der Waals surface area (Å²) in [5.41, 5.74) is -2.54. The smallest absolute Gasteiger partial charge is 0.336 e. The number of aliphatic hydroxyl groups is 1. The van der Waals surface area contributed by atoms with Gasteiger partial charge in [-0.05, 0) is 43.8 Å². The molecule has 1 saturated heterocycles. The molecule has 1 amide bonds. The average molecular weight is 718 g/mol. The van der Waals surface area contributed by atoms with E-state index in [1.165, 1.54) is 11.0 Å². The zero-order chi connectivity index (χ0) is 36.8. The van der Waals surface area contributed by atoms with E-state index in [1.54, 1.807) is 6.08 Å². The number of allylic oxidation sites excluding steroid dienone is 1. The van der Waals surface area contributed by atoms with Gasteiger partial charge < -0.3 is 14.9 Å². The summed E-state index contributed by atoms with van der Waals surface area (Å²) in [7, 11) is 0. The minimum Gasteiger partial charge on any atom is -0.479 e. The summed E-state index contributed by atoms with van der Waals surface area (Å²) in [4.78, 5) is 28.3. The van der Waals surface area contributed by atoms with Crippen LogP contribution in [0.1, 0.15) is 115 Å². The molecule has 1 aliphatic rings. The number of hydrogen-bond acceptors (Lipinski definition) is 5. The van der Waals surface area contributed by atoms with Crippen LogP contribution in [0.5, 0.6) is 0 Å². The first kappa shape index (κ1) is 41.2. The molecule has 0 spiro atoms. The molecule has 1 fully saturated rings. The van der Waals surface area contributed by atoms with E-state index in [0.717, 1.165) is 36.8 Å². The van der Waals surface area contributed by atoms with Crippen molar-refractivity contribution in [2.24, 2.45) is 11.8 Å². The van der Waals surface area contributed by atoms with E-state index in [2.05, 4.69) is 6.92 Å². The van der Waals surface area contributed by atoms with Crippen molar-refractivity contribution >= 4 is 29.3 Å². The van der Waals surface area contributed by atoms with Gasteiger partial charge in [0, 0.05) is 30.4 Å². The van der Waals surface area contributed by atoms with Gasteiger partial charge in [-0.2, -0.15) is 0 Å². The molecule has 6 nitrogen and oxygen atoms in total. The Labute approximate surface area is 301 Å². The van der Waals surface area contributed by atoms with Gasteiger partial charge in [0.05, 0.1) is 18.6 Å². The van der Waals surface area contributed by atoms with Gasteiger partial charge in [0.1, 0.15) is 0 Å². The van der Waals surface area contributed by atoms with Crippen LogP contribution in [-0.4, -0.2) is 56.4 Å². The number of carboxylic acids is 1. The van der Waals surface area contributed by atoms with Gasteiger partial charge in [-0.1, -0.05) is 132 Å². The summed E-state index contributed by atoms with van der Waals surface area (Å²) in [6, 6.07) is 17.9. The Kier molecular flexibility index (Phi) is 16.0. The summed E-state index contributed by atoms with van der Waals surface area (Å²) in [6.45, 7) is 4.73. The number of carbonyl (C=O) groups excluding carboxylic acids is 1. The lowest BCUT2D eigenvalue weighted by atomic mass is 9.75. The van der Waals surface area contributed by atoms with Crippen molar-refractivity contribution in [3.8, 4) is 0 Å². The zero-order valence-corrected chi connectivity index (χ0v) is 30.5. The van der Waals surface area contributed by atoms with Gasteiger partial charge in [0.25, 0.3) is 5.17 Å². The molecular weight excluding hydrogens is 664 g/mol. The Hall–Kier alpha value is -3.24. The lowest BCUT2D eigenvalue weighted by molar-refractivity contribution is -0.169. The molecule has 1 aliphatic heterocycles. The van der Waals surface area contributed by atoms with Crippen LogP contribution in [0.3, 0.4) is 0 Å². The maximum atomic E-state index is 14.6. The number of carbonyl (C=O) groups is 2. The van der Waals surface area contributed by atoms with Crippen LogP contribution >= 0.6 is 12.2 Å². The number of carboxylic acid groups (broad SMARTS) is 1. The number of benzene rings is 2. The molecule has 2 aromatic rings. The van der Waals surface area contributed by atoms with E-state index < -0.39 is 54.1 Å². The maximum Gasteiger partial charge on any atom is 0.336 e. The number of aliphatic carboxylic acids is 1. The van der Waals surface area contributed by atoms with Gasteiger partial charge in [0.15, 0.2) is 11.2 Å². The Balaban J connectivity index is 1.80. The number of alkyl halides is 3. The van der Waals surface area contributed by atoms with E-state index in [0.29, 0.717) is 38.5 Å². The number of unbranched alkanes of at least 4 members (excludes halogenated alkanes) is 8. The summed E-state index contributed by atoms with van der Waals surface area (Å²) in [5.74, 6) is -7.15. The lowest BCUT2D eigenvalue weighted by Gasteiger charge is -2.39. The summed E-state index contributed by atoms with van der Waals surface area (Å²) in [5, 5.41) is 21.4. The second-order valence-electron chi connectivity index (χ2n) is 13.8. The fraction of sp³-hybridized carbons (Fsp3) is 0.575. The SMILES string of the molecule is CCCCCCCC(F)(F)CCCCCCC=C[C@H](C(=O)N1C(=S)OC(c2ccccc2)(c2ccccc2)[C@@H]1C(C)C)[C@@](O)(CCF)C(=O)O. The third kappa shape index (κ3) is 10.2. The number of thiocarbonyl (C=S) groups is 1.